The van der Waals surface area contributed by atoms with E-state index in [2.05, 4.69) is 22.3 Å². The van der Waals surface area contributed by atoms with Crippen LogP contribution in [-0.4, -0.2) is 71.3 Å². The number of benzene rings is 2. The van der Waals surface area contributed by atoms with E-state index < -0.39 is 16.7 Å². The summed E-state index contributed by atoms with van der Waals surface area (Å²) in [6.07, 6.45) is 1.36. The van der Waals surface area contributed by atoms with E-state index in [-0.39, 0.29) is 18.6 Å². The number of thioether (sulfide) groups is 1. The third kappa shape index (κ3) is 6.65. The zero-order valence-corrected chi connectivity index (χ0v) is 23.6. The first-order chi connectivity index (χ1) is 19.0. The van der Waals surface area contributed by atoms with Crippen molar-refractivity contribution >= 4 is 46.7 Å². The second-order valence-electron chi connectivity index (χ2n) is 10.9. The molecular formula is C29H32N4O6S. The highest BCUT2D eigenvalue weighted by atomic mass is 32.2. The minimum absolute atomic E-state index is 0.0481. The number of nitrogens with one attached hydrogen (secondary N) is 1. The average molecular weight is 565 g/mol. The Labute approximate surface area is 237 Å². The Balaban J connectivity index is 1.21. The lowest BCUT2D eigenvalue weighted by atomic mass is 10.1. The zero-order valence-electron chi connectivity index (χ0n) is 22.8. The fraction of sp³-hybridized carbons (Fsp3) is 0.379. The van der Waals surface area contributed by atoms with Gasteiger partial charge in [0.2, 0.25) is 0 Å². The maximum absolute atomic E-state index is 12.8. The third-order valence-corrected chi connectivity index (χ3v) is 7.47. The fourth-order valence-corrected chi connectivity index (χ4v) is 5.34. The molecule has 2 saturated heterocycles. The number of imide groups is 1. The molecule has 0 saturated carbocycles. The van der Waals surface area contributed by atoms with Crippen LogP contribution in [0.1, 0.15) is 37.5 Å². The molecule has 0 unspecified atom stereocenters. The predicted octanol–water partition coefficient (Wildman–Crippen LogP) is 3.99. The van der Waals surface area contributed by atoms with E-state index in [1.165, 1.54) is 0 Å². The number of carbonyl (C=O) groups excluding carboxylic acids is 4. The minimum atomic E-state index is -0.502. The van der Waals surface area contributed by atoms with Gasteiger partial charge >= 0.3 is 6.09 Å². The Hall–Kier alpha value is -3.83. The molecule has 2 fully saturated rings. The summed E-state index contributed by atoms with van der Waals surface area (Å²) in [7, 11) is 0. The Morgan fingerprint density at radius 1 is 1.00 bits per heavy atom. The number of carbonyl (C=O) groups is 4. The van der Waals surface area contributed by atoms with Gasteiger partial charge in [-0.15, -0.1) is 0 Å². The van der Waals surface area contributed by atoms with E-state index in [1.807, 2.05) is 32.9 Å². The highest BCUT2D eigenvalue weighted by molar-refractivity contribution is 8.18. The van der Waals surface area contributed by atoms with Crippen LogP contribution < -0.4 is 15.0 Å². The monoisotopic (exact) mass is 564 g/mol. The predicted molar refractivity (Wildman–Crippen MR) is 152 cm³/mol. The first-order valence-corrected chi connectivity index (χ1v) is 14.0. The van der Waals surface area contributed by atoms with Gasteiger partial charge in [-0.25, -0.2) is 4.79 Å². The Bertz CT molecular complexity index is 1360. The normalized spacial score (nSPS) is 19.0. The number of hydrogen-bond acceptors (Lipinski definition) is 8. The first kappa shape index (κ1) is 27.7. The van der Waals surface area contributed by atoms with Gasteiger partial charge in [0.05, 0.1) is 17.1 Å². The average Bonchev–Trinajstić information content (AvgIpc) is 3.22. The van der Waals surface area contributed by atoms with Crippen molar-refractivity contribution in [3.8, 4) is 5.75 Å². The van der Waals surface area contributed by atoms with Crippen LogP contribution in [0.25, 0.3) is 6.08 Å². The van der Waals surface area contributed by atoms with Crippen LogP contribution >= 0.6 is 11.8 Å². The van der Waals surface area contributed by atoms with Gasteiger partial charge in [0.15, 0.2) is 6.61 Å². The summed E-state index contributed by atoms with van der Waals surface area (Å²) in [6.45, 7) is 9.51. The zero-order chi connectivity index (χ0) is 28.4. The summed E-state index contributed by atoms with van der Waals surface area (Å²) in [5.74, 6) is -0.00203. The summed E-state index contributed by atoms with van der Waals surface area (Å²) in [4.78, 5) is 54.6. The maximum atomic E-state index is 12.8. The van der Waals surface area contributed by atoms with E-state index in [1.54, 1.807) is 34.1 Å². The van der Waals surface area contributed by atoms with Crippen molar-refractivity contribution in [3.05, 3.63) is 64.1 Å². The number of anilines is 1. The van der Waals surface area contributed by atoms with Gasteiger partial charge in [0, 0.05) is 32.7 Å². The Kier molecular flexibility index (Phi) is 7.86. The van der Waals surface area contributed by atoms with Gasteiger partial charge in [-0.1, -0.05) is 30.3 Å². The van der Waals surface area contributed by atoms with E-state index in [0.29, 0.717) is 41.5 Å². The summed E-state index contributed by atoms with van der Waals surface area (Å²) in [5, 5.41) is 1.84. The van der Waals surface area contributed by atoms with Gasteiger partial charge in [-0.3, -0.25) is 24.6 Å². The highest BCUT2D eigenvalue weighted by Gasteiger charge is 2.29. The van der Waals surface area contributed by atoms with E-state index in [9.17, 15) is 19.2 Å². The molecule has 0 aliphatic carbocycles. The molecule has 210 valence electrons. The molecule has 2 aromatic rings. The van der Waals surface area contributed by atoms with Crippen molar-refractivity contribution in [2.24, 2.45) is 0 Å². The van der Waals surface area contributed by atoms with Gasteiger partial charge in [-0.2, -0.15) is 0 Å². The van der Waals surface area contributed by atoms with Crippen LogP contribution in [-0.2, 0) is 27.4 Å². The van der Waals surface area contributed by atoms with Crippen molar-refractivity contribution in [2.75, 3.05) is 37.7 Å². The molecule has 0 radical (unpaired) electrons. The highest BCUT2D eigenvalue weighted by Crippen LogP contribution is 2.35. The fourth-order valence-electron chi connectivity index (χ4n) is 4.66. The van der Waals surface area contributed by atoms with Crippen LogP contribution in [0.3, 0.4) is 0 Å². The van der Waals surface area contributed by atoms with Gasteiger partial charge in [0.1, 0.15) is 11.4 Å². The Morgan fingerprint density at radius 3 is 2.30 bits per heavy atom. The van der Waals surface area contributed by atoms with E-state index >= 15 is 0 Å². The molecule has 0 bridgehead atoms. The molecule has 2 aromatic carbocycles. The van der Waals surface area contributed by atoms with Crippen molar-refractivity contribution in [3.63, 3.8) is 0 Å². The quantitative estimate of drug-likeness (QED) is 0.544. The number of nitrogens with zero attached hydrogens (tertiary/aromatic N) is 3. The van der Waals surface area contributed by atoms with E-state index in [4.69, 9.17) is 9.47 Å². The number of fused-ring (bicyclic) bond motifs is 1. The molecule has 11 heteroatoms. The molecule has 4 amide bonds. The lowest BCUT2D eigenvalue weighted by molar-refractivity contribution is -0.121. The van der Waals surface area contributed by atoms with Crippen LogP contribution in [0, 0.1) is 0 Å². The topological polar surface area (TPSA) is 108 Å². The first-order valence-electron chi connectivity index (χ1n) is 13.1. The molecule has 10 nitrogen and oxygen atoms in total. The summed E-state index contributed by atoms with van der Waals surface area (Å²) >= 11 is 0.850. The lowest BCUT2D eigenvalue weighted by Crippen LogP contribution is -2.49. The maximum Gasteiger partial charge on any atom is 0.410 e. The molecule has 3 aliphatic heterocycles. The number of ether oxygens (including phenoxy) is 2. The summed E-state index contributed by atoms with van der Waals surface area (Å²) < 4.78 is 11.1. The van der Waals surface area contributed by atoms with Crippen molar-refractivity contribution in [1.82, 2.24) is 15.1 Å². The SMILES string of the molecule is CC(C)(C)OC(=O)N1CCN(Cc2ccc(CN3C(=O)COc4ccc(C=C5SC(=O)NC5=O)cc43)cc2)CC1. The summed E-state index contributed by atoms with van der Waals surface area (Å²) in [6, 6.07) is 13.5. The van der Waals surface area contributed by atoms with Crippen LogP contribution in [0.15, 0.2) is 47.4 Å². The van der Waals surface area contributed by atoms with Crippen molar-refractivity contribution in [1.29, 1.82) is 0 Å². The third-order valence-electron chi connectivity index (χ3n) is 6.66. The largest absolute Gasteiger partial charge is 0.482 e. The molecular weight excluding hydrogens is 532 g/mol. The Morgan fingerprint density at radius 2 is 1.68 bits per heavy atom. The second-order valence-corrected chi connectivity index (χ2v) is 11.9. The molecule has 5 rings (SSSR count). The lowest BCUT2D eigenvalue weighted by Gasteiger charge is -2.35. The van der Waals surface area contributed by atoms with Crippen LogP contribution in [0.5, 0.6) is 5.75 Å². The number of hydrogen-bond donors (Lipinski definition) is 1. The van der Waals surface area contributed by atoms with Crippen molar-refractivity contribution < 1.29 is 28.7 Å². The van der Waals surface area contributed by atoms with Gasteiger partial charge in [-0.05, 0) is 67.4 Å². The molecule has 0 aromatic heterocycles. The molecule has 0 spiro atoms. The van der Waals surface area contributed by atoms with Crippen LogP contribution in [0.4, 0.5) is 15.3 Å². The second kappa shape index (κ2) is 11.3. The molecule has 40 heavy (non-hydrogen) atoms. The smallest absolute Gasteiger partial charge is 0.410 e. The van der Waals surface area contributed by atoms with Crippen molar-refractivity contribution in [2.45, 2.75) is 39.5 Å². The van der Waals surface area contributed by atoms with Gasteiger partial charge in [0.25, 0.3) is 17.1 Å². The standard InChI is InChI=1S/C29H32N4O6S/c1-29(2,3)39-28(37)32-12-10-31(11-13-32)16-19-4-6-20(7-5-19)17-33-22-14-21(8-9-23(22)38-18-25(33)34)15-24-26(35)30-27(36)40-24/h4-9,14-15H,10-13,16-18H2,1-3H3,(H,30,35,36). The van der Waals surface area contributed by atoms with Gasteiger partial charge < -0.3 is 19.3 Å². The summed E-state index contributed by atoms with van der Waals surface area (Å²) in [5.41, 5.74) is 2.93. The minimum Gasteiger partial charge on any atom is -0.482 e. The molecule has 3 aliphatic rings. The molecule has 3 heterocycles. The number of piperazine rings is 1. The number of amides is 4. The number of rotatable bonds is 5. The molecule has 0 atom stereocenters. The van der Waals surface area contributed by atoms with E-state index in [0.717, 1.165) is 42.5 Å². The molecule has 1 N–H and O–H groups in total. The van der Waals surface area contributed by atoms with Crippen LogP contribution in [0.2, 0.25) is 0 Å².